The first-order valence-corrected chi connectivity index (χ1v) is 8.32. The van der Waals surface area contributed by atoms with Crippen molar-refractivity contribution in [1.82, 2.24) is 5.32 Å². The number of rotatable bonds is 6. The number of halogens is 1. The maximum Gasteiger partial charge on any atom is 0.244 e. The Balaban J connectivity index is 2.59. The Bertz CT molecular complexity index is 498. The van der Waals surface area contributed by atoms with Gasteiger partial charge in [-0.1, -0.05) is 55.8 Å². The highest BCUT2D eigenvalue weighted by Crippen LogP contribution is 2.20. The molecule has 0 radical (unpaired) electrons. The van der Waals surface area contributed by atoms with Crippen LogP contribution in [0, 0.1) is 24.7 Å². The summed E-state index contributed by atoms with van der Waals surface area (Å²) in [5.74, 6) is 1.61. The fourth-order valence-corrected chi connectivity index (χ4v) is 3.08. The molecule has 3 heteroatoms. The van der Waals surface area contributed by atoms with E-state index in [0.717, 1.165) is 16.6 Å². The lowest BCUT2D eigenvalue weighted by molar-refractivity contribution is -0.116. The van der Waals surface area contributed by atoms with Crippen molar-refractivity contribution in [3.63, 3.8) is 0 Å². The van der Waals surface area contributed by atoms with Crippen LogP contribution in [0.1, 0.15) is 38.8 Å². The zero-order chi connectivity index (χ0) is 16.0. The molecule has 0 unspecified atom stereocenters. The second-order valence-electron chi connectivity index (χ2n) is 6.26. The standard InChI is InChI=1S/C18H26BrNO/c1-12(2)16(13(3)4)11-20-18(21)9-8-15-7-6-14(5)10-17(15)19/h6-10,12-13,16H,11H2,1-5H3,(H,20,21)/b9-8+. The van der Waals surface area contributed by atoms with Crippen molar-refractivity contribution in [2.45, 2.75) is 34.6 Å². The van der Waals surface area contributed by atoms with Crippen LogP contribution in [0.5, 0.6) is 0 Å². The van der Waals surface area contributed by atoms with Crippen LogP contribution in [0.4, 0.5) is 0 Å². The number of nitrogens with one attached hydrogen (secondary N) is 1. The average molecular weight is 352 g/mol. The molecule has 0 aliphatic heterocycles. The highest BCUT2D eigenvalue weighted by atomic mass is 79.9. The molecule has 0 aliphatic carbocycles. The molecule has 0 heterocycles. The Morgan fingerprint density at radius 2 is 1.86 bits per heavy atom. The molecule has 0 saturated carbocycles. The fraction of sp³-hybridized carbons (Fsp3) is 0.500. The lowest BCUT2D eigenvalue weighted by atomic mass is 9.85. The minimum absolute atomic E-state index is 0.0335. The van der Waals surface area contributed by atoms with E-state index in [2.05, 4.69) is 48.9 Å². The molecule has 1 N–H and O–H groups in total. The molecular weight excluding hydrogens is 326 g/mol. The van der Waals surface area contributed by atoms with Gasteiger partial charge in [0.2, 0.25) is 5.91 Å². The summed E-state index contributed by atoms with van der Waals surface area (Å²) in [5, 5.41) is 3.01. The number of hydrogen-bond donors (Lipinski definition) is 1. The third kappa shape index (κ3) is 6.04. The van der Waals surface area contributed by atoms with Gasteiger partial charge in [-0.25, -0.2) is 0 Å². The van der Waals surface area contributed by atoms with Crippen molar-refractivity contribution in [2.24, 2.45) is 17.8 Å². The van der Waals surface area contributed by atoms with Gasteiger partial charge in [-0.15, -0.1) is 0 Å². The minimum atomic E-state index is -0.0335. The summed E-state index contributed by atoms with van der Waals surface area (Å²) >= 11 is 3.51. The van der Waals surface area contributed by atoms with E-state index >= 15 is 0 Å². The van der Waals surface area contributed by atoms with Crippen molar-refractivity contribution >= 4 is 27.9 Å². The van der Waals surface area contributed by atoms with Crippen molar-refractivity contribution in [3.8, 4) is 0 Å². The smallest absolute Gasteiger partial charge is 0.244 e. The quantitative estimate of drug-likeness (QED) is 0.731. The summed E-state index contributed by atoms with van der Waals surface area (Å²) in [4.78, 5) is 11.9. The lowest BCUT2D eigenvalue weighted by Gasteiger charge is -2.24. The molecule has 0 aliphatic rings. The molecule has 2 nitrogen and oxygen atoms in total. The van der Waals surface area contributed by atoms with Gasteiger partial charge in [0.1, 0.15) is 0 Å². The molecule has 116 valence electrons. The zero-order valence-corrected chi connectivity index (χ0v) is 15.2. The third-order valence-corrected chi connectivity index (χ3v) is 4.48. The SMILES string of the molecule is Cc1ccc(/C=C/C(=O)NCC(C(C)C)C(C)C)c(Br)c1. The van der Waals surface area contributed by atoms with E-state index < -0.39 is 0 Å². The van der Waals surface area contributed by atoms with Crippen LogP contribution in [-0.2, 0) is 4.79 Å². The number of carbonyl (C=O) groups is 1. The van der Waals surface area contributed by atoms with Gasteiger partial charge in [-0.05, 0) is 47.9 Å². The van der Waals surface area contributed by atoms with Gasteiger partial charge < -0.3 is 5.32 Å². The summed E-state index contributed by atoms with van der Waals surface area (Å²) in [7, 11) is 0. The van der Waals surface area contributed by atoms with E-state index in [9.17, 15) is 4.79 Å². The van der Waals surface area contributed by atoms with Crippen molar-refractivity contribution < 1.29 is 4.79 Å². The minimum Gasteiger partial charge on any atom is -0.352 e. The van der Waals surface area contributed by atoms with Gasteiger partial charge in [0.25, 0.3) is 0 Å². The van der Waals surface area contributed by atoms with E-state index in [1.165, 1.54) is 5.56 Å². The number of amides is 1. The monoisotopic (exact) mass is 351 g/mol. The topological polar surface area (TPSA) is 29.1 Å². The molecule has 0 fully saturated rings. The molecule has 0 saturated heterocycles. The van der Waals surface area contributed by atoms with Gasteiger partial charge >= 0.3 is 0 Å². The summed E-state index contributed by atoms with van der Waals surface area (Å²) in [6.07, 6.45) is 3.45. The van der Waals surface area contributed by atoms with Crippen LogP contribution < -0.4 is 5.32 Å². The summed E-state index contributed by atoms with van der Waals surface area (Å²) < 4.78 is 1.01. The summed E-state index contributed by atoms with van der Waals surface area (Å²) in [6, 6.07) is 6.09. The Hall–Kier alpha value is -1.09. The number of hydrogen-bond acceptors (Lipinski definition) is 1. The van der Waals surface area contributed by atoms with Crippen LogP contribution in [-0.4, -0.2) is 12.5 Å². The predicted molar refractivity (Wildman–Crippen MR) is 94.1 cm³/mol. The van der Waals surface area contributed by atoms with Crippen molar-refractivity contribution in [2.75, 3.05) is 6.54 Å². The van der Waals surface area contributed by atoms with E-state index in [4.69, 9.17) is 0 Å². The molecule has 0 aromatic heterocycles. The van der Waals surface area contributed by atoms with Gasteiger partial charge in [0, 0.05) is 17.1 Å². The van der Waals surface area contributed by atoms with Crippen molar-refractivity contribution in [3.05, 3.63) is 39.9 Å². The van der Waals surface area contributed by atoms with E-state index in [1.807, 2.05) is 31.2 Å². The maximum atomic E-state index is 11.9. The first-order valence-electron chi connectivity index (χ1n) is 7.53. The van der Waals surface area contributed by atoms with Crippen LogP contribution in [0.3, 0.4) is 0 Å². The van der Waals surface area contributed by atoms with Gasteiger partial charge in [-0.3, -0.25) is 4.79 Å². The summed E-state index contributed by atoms with van der Waals surface area (Å²) in [6.45, 7) is 11.6. The zero-order valence-electron chi connectivity index (χ0n) is 13.6. The molecule has 0 bridgehead atoms. The maximum absolute atomic E-state index is 11.9. The highest BCUT2D eigenvalue weighted by Gasteiger charge is 2.17. The molecule has 0 atom stereocenters. The van der Waals surface area contributed by atoms with Crippen LogP contribution in [0.15, 0.2) is 28.7 Å². The van der Waals surface area contributed by atoms with Crippen LogP contribution in [0.2, 0.25) is 0 Å². The van der Waals surface area contributed by atoms with Crippen LogP contribution in [0.25, 0.3) is 6.08 Å². The molecule has 1 amide bonds. The first-order chi connectivity index (χ1) is 9.81. The second kappa shape index (κ2) is 8.38. The van der Waals surface area contributed by atoms with Gasteiger partial charge in [-0.2, -0.15) is 0 Å². The molecular formula is C18H26BrNO. The molecule has 1 aromatic carbocycles. The van der Waals surface area contributed by atoms with E-state index in [0.29, 0.717) is 17.8 Å². The molecule has 1 aromatic rings. The molecule has 1 rings (SSSR count). The van der Waals surface area contributed by atoms with E-state index in [-0.39, 0.29) is 5.91 Å². The van der Waals surface area contributed by atoms with Gasteiger partial charge in [0.05, 0.1) is 0 Å². The number of benzene rings is 1. The lowest BCUT2D eigenvalue weighted by Crippen LogP contribution is -2.32. The molecule has 0 spiro atoms. The Kier molecular flexibility index (Phi) is 7.16. The highest BCUT2D eigenvalue weighted by molar-refractivity contribution is 9.10. The van der Waals surface area contributed by atoms with Crippen molar-refractivity contribution in [1.29, 1.82) is 0 Å². The first kappa shape index (κ1) is 18.0. The third-order valence-electron chi connectivity index (χ3n) is 3.79. The largest absolute Gasteiger partial charge is 0.352 e. The van der Waals surface area contributed by atoms with Gasteiger partial charge in [0.15, 0.2) is 0 Å². The number of aryl methyl sites for hydroxylation is 1. The van der Waals surface area contributed by atoms with Crippen LogP contribution >= 0.6 is 15.9 Å². The number of carbonyl (C=O) groups excluding carboxylic acids is 1. The Morgan fingerprint density at radius 3 is 2.38 bits per heavy atom. The fourth-order valence-electron chi connectivity index (χ4n) is 2.45. The Morgan fingerprint density at radius 1 is 1.24 bits per heavy atom. The second-order valence-corrected chi connectivity index (χ2v) is 7.11. The summed E-state index contributed by atoms with van der Waals surface area (Å²) in [5.41, 5.74) is 2.21. The Labute approximate surface area is 137 Å². The molecule has 21 heavy (non-hydrogen) atoms. The van der Waals surface area contributed by atoms with E-state index in [1.54, 1.807) is 6.08 Å². The predicted octanol–water partition coefficient (Wildman–Crippen LogP) is 4.82. The average Bonchev–Trinajstić information content (AvgIpc) is 2.37. The normalized spacial score (nSPS) is 11.9.